The fourth-order valence-electron chi connectivity index (χ4n) is 5.26. The van der Waals surface area contributed by atoms with Crippen molar-refractivity contribution in [3.63, 3.8) is 0 Å². The van der Waals surface area contributed by atoms with Crippen molar-refractivity contribution in [1.82, 2.24) is 5.32 Å². The Hall–Kier alpha value is -1.75. The van der Waals surface area contributed by atoms with E-state index in [1.54, 1.807) is 17.8 Å². The zero-order valence-electron chi connectivity index (χ0n) is 23.7. The molecule has 0 bridgehead atoms. The summed E-state index contributed by atoms with van der Waals surface area (Å²) in [5.74, 6) is -0.0512. The summed E-state index contributed by atoms with van der Waals surface area (Å²) in [4.78, 5) is 25.1. The van der Waals surface area contributed by atoms with Crippen LogP contribution >= 0.6 is 11.8 Å². The molecule has 2 atom stereocenters. The summed E-state index contributed by atoms with van der Waals surface area (Å²) in [5, 5.41) is 12.4. The number of benzene rings is 2. The summed E-state index contributed by atoms with van der Waals surface area (Å²) in [7, 11) is 0. The Morgan fingerprint density at radius 2 is 1.85 bits per heavy atom. The van der Waals surface area contributed by atoms with Crippen LogP contribution in [-0.4, -0.2) is 73.2 Å². The van der Waals surface area contributed by atoms with Crippen LogP contribution in [0.4, 0.5) is 0 Å². The molecule has 1 fully saturated rings. The molecule has 0 aromatic heterocycles. The van der Waals surface area contributed by atoms with Gasteiger partial charge in [0, 0.05) is 12.2 Å². The van der Waals surface area contributed by atoms with Crippen molar-refractivity contribution >= 4 is 42.5 Å². The average Bonchev–Trinajstić information content (AvgIpc) is 2.94. The first kappa shape index (κ1) is 34.4. The van der Waals surface area contributed by atoms with Crippen molar-refractivity contribution in [2.24, 2.45) is 5.92 Å². The zero-order valence-corrected chi connectivity index (χ0v) is 24.6. The molecule has 6 nitrogen and oxygen atoms in total. The van der Waals surface area contributed by atoms with Crippen molar-refractivity contribution in [3.05, 3.63) is 59.2 Å². The molecular formula is C32H46LiNO5S. The summed E-state index contributed by atoms with van der Waals surface area (Å²) in [6, 6.07) is 12.7. The number of nitrogens with one attached hydrogen (secondary N) is 1. The third kappa shape index (κ3) is 10.9. The van der Waals surface area contributed by atoms with Crippen LogP contribution in [0.2, 0.25) is 0 Å². The van der Waals surface area contributed by atoms with Crippen LogP contribution < -0.4 is 5.32 Å². The van der Waals surface area contributed by atoms with E-state index in [0.29, 0.717) is 36.9 Å². The second-order valence-corrected chi connectivity index (χ2v) is 11.6. The van der Waals surface area contributed by atoms with Gasteiger partial charge >= 0.3 is 24.8 Å². The zero-order chi connectivity index (χ0) is 28.0. The van der Waals surface area contributed by atoms with Crippen LogP contribution in [-0.2, 0) is 20.9 Å². The number of hydrogen-bond donors (Lipinski definition) is 2. The molecule has 40 heavy (non-hydrogen) atoms. The van der Waals surface area contributed by atoms with E-state index in [4.69, 9.17) is 9.47 Å². The van der Waals surface area contributed by atoms with Crippen molar-refractivity contribution in [1.29, 1.82) is 0 Å². The molecule has 2 aromatic rings. The molecule has 2 N–H and O–H groups in total. The first-order valence-electron chi connectivity index (χ1n) is 14.3. The topological polar surface area (TPSA) is 84.9 Å². The van der Waals surface area contributed by atoms with Gasteiger partial charge in [0.1, 0.15) is 6.04 Å². The van der Waals surface area contributed by atoms with Crippen LogP contribution in [0, 0.1) is 12.8 Å². The third-order valence-corrected chi connectivity index (χ3v) is 8.08. The van der Waals surface area contributed by atoms with Gasteiger partial charge < -0.3 is 19.9 Å². The Morgan fingerprint density at radius 3 is 2.52 bits per heavy atom. The van der Waals surface area contributed by atoms with E-state index in [2.05, 4.69) is 12.2 Å². The van der Waals surface area contributed by atoms with Gasteiger partial charge in [0.05, 0.1) is 19.3 Å². The normalized spacial score (nSPS) is 15.2. The van der Waals surface area contributed by atoms with Crippen molar-refractivity contribution in [2.45, 2.75) is 84.0 Å². The van der Waals surface area contributed by atoms with Crippen LogP contribution in [0.15, 0.2) is 42.5 Å². The molecule has 2 unspecified atom stereocenters. The van der Waals surface area contributed by atoms with Gasteiger partial charge in [0.25, 0.3) is 5.91 Å². The number of thioether (sulfide) groups is 1. The van der Waals surface area contributed by atoms with Crippen molar-refractivity contribution < 1.29 is 24.2 Å². The maximum absolute atomic E-state index is 13.3. The van der Waals surface area contributed by atoms with Crippen LogP contribution in [0.25, 0.3) is 11.1 Å². The Bertz CT molecular complexity index is 1060. The SMILES string of the molecule is CCCOCC(CC1CCCCC1)OCc1ccc(C(=O)NC(CCSC)C(=O)O)c(-c2ccccc2C)c1.[LiH]. The molecule has 0 saturated heterocycles. The third-order valence-electron chi connectivity index (χ3n) is 7.44. The van der Waals surface area contributed by atoms with Gasteiger partial charge in [-0.1, -0.05) is 69.4 Å². The number of hydrogen-bond acceptors (Lipinski definition) is 5. The molecule has 1 aliphatic rings. The standard InChI is InChI=1S/C32H45NO5S.Li.H/c1-4-17-37-22-26(19-24-11-6-5-7-12-24)38-21-25-14-15-28(29(20-25)27-13-9-8-10-23(27)2)31(34)33-30(32(35)36)16-18-39-3;;/h8-10,13-15,20,24,26,30H,4-7,11-12,16-19,21-22H2,1-3H3,(H,33,34)(H,35,36);;. The second-order valence-electron chi connectivity index (χ2n) is 10.6. The van der Waals surface area contributed by atoms with E-state index in [-0.39, 0.29) is 30.9 Å². The number of rotatable bonds is 16. The number of carboxylic acid groups (broad SMARTS) is 1. The predicted molar refractivity (Wildman–Crippen MR) is 167 cm³/mol. The van der Waals surface area contributed by atoms with Crippen LogP contribution in [0.3, 0.4) is 0 Å². The Balaban J connectivity index is 0.00000560. The van der Waals surface area contributed by atoms with Crippen LogP contribution in [0.1, 0.15) is 79.8 Å². The molecule has 0 heterocycles. The Kier molecular flexibility index (Phi) is 16.0. The van der Waals surface area contributed by atoms with Gasteiger partial charge in [-0.3, -0.25) is 4.79 Å². The van der Waals surface area contributed by atoms with Gasteiger partial charge in [0.2, 0.25) is 0 Å². The number of carbonyl (C=O) groups excluding carboxylic acids is 1. The average molecular weight is 564 g/mol. The molecule has 0 spiro atoms. The van der Waals surface area contributed by atoms with E-state index in [1.165, 1.54) is 32.1 Å². The van der Waals surface area contributed by atoms with Gasteiger partial charge in [-0.15, -0.1) is 0 Å². The quantitative estimate of drug-likeness (QED) is 0.186. The number of aryl methyl sites for hydroxylation is 1. The molecular weight excluding hydrogens is 517 g/mol. The molecule has 216 valence electrons. The van der Waals surface area contributed by atoms with Gasteiger partial charge in [-0.25, -0.2) is 4.79 Å². The first-order chi connectivity index (χ1) is 18.9. The number of amides is 1. The maximum atomic E-state index is 13.3. The molecule has 0 radical (unpaired) electrons. The summed E-state index contributed by atoms with van der Waals surface area (Å²) < 4.78 is 12.3. The van der Waals surface area contributed by atoms with Crippen molar-refractivity contribution in [2.75, 3.05) is 25.2 Å². The van der Waals surface area contributed by atoms with E-state index < -0.39 is 12.0 Å². The van der Waals surface area contributed by atoms with E-state index >= 15 is 0 Å². The number of aliphatic carboxylic acids is 1. The van der Waals surface area contributed by atoms with E-state index in [1.807, 2.05) is 49.6 Å². The summed E-state index contributed by atoms with van der Waals surface area (Å²) in [5.41, 5.74) is 4.22. The minimum absolute atomic E-state index is 0. The van der Waals surface area contributed by atoms with Gasteiger partial charge in [-0.05, 0) is 78.5 Å². The van der Waals surface area contributed by atoms with Gasteiger partial charge in [0.15, 0.2) is 0 Å². The molecule has 1 amide bonds. The van der Waals surface area contributed by atoms with Crippen LogP contribution in [0.5, 0.6) is 0 Å². The molecule has 1 saturated carbocycles. The Morgan fingerprint density at radius 1 is 1.10 bits per heavy atom. The number of ether oxygens (including phenoxy) is 2. The predicted octanol–water partition coefficient (Wildman–Crippen LogP) is 6.23. The summed E-state index contributed by atoms with van der Waals surface area (Å²) in [6.45, 7) is 5.90. The van der Waals surface area contributed by atoms with E-state index in [0.717, 1.165) is 41.7 Å². The fraction of sp³-hybridized carbons (Fsp3) is 0.562. The number of carboxylic acids is 1. The summed E-state index contributed by atoms with van der Waals surface area (Å²) in [6.07, 6.45) is 10.8. The van der Waals surface area contributed by atoms with Crippen molar-refractivity contribution in [3.8, 4) is 11.1 Å². The van der Waals surface area contributed by atoms with Gasteiger partial charge in [-0.2, -0.15) is 11.8 Å². The molecule has 0 aliphatic heterocycles. The molecule has 3 rings (SSSR count). The minimum atomic E-state index is -1.02. The number of carbonyl (C=O) groups is 2. The molecule has 1 aliphatic carbocycles. The summed E-state index contributed by atoms with van der Waals surface area (Å²) >= 11 is 1.56. The fourth-order valence-corrected chi connectivity index (χ4v) is 5.73. The monoisotopic (exact) mass is 563 g/mol. The molecule has 8 heteroatoms. The Labute approximate surface area is 256 Å². The second kappa shape index (κ2) is 18.6. The molecule has 2 aromatic carbocycles. The van der Waals surface area contributed by atoms with E-state index in [9.17, 15) is 14.7 Å². The first-order valence-corrected chi connectivity index (χ1v) is 15.7.